The molecule has 2 rings (SSSR count). The van der Waals surface area contributed by atoms with Gasteiger partial charge in [0.2, 0.25) is 5.91 Å². The highest BCUT2D eigenvalue weighted by molar-refractivity contribution is 6.08. The number of nitrogens with zero attached hydrogens (tertiary/aromatic N) is 2. The Morgan fingerprint density at radius 3 is 2.41 bits per heavy atom. The molecular formula is C17H25N2O3+. The molecule has 120 valence electrons. The number of carbonyl (C=O) groups excluding carboxylic acids is 1. The van der Waals surface area contributed by atoms with Crippen LogP contribution in [0.4, 0.5) is 11.4 Å². The van der Waals surface area contributed by atoms with Crippen LogP contribution in [0.2, 0.25) is 0 Å². The first-order valence-electron chi connectivity index (χ1n) is 8.00. The van der Waals surface area contributed by atoms with Gasteiger partial charge in [-0.05, 0) is 36.8 Å². The van der Waals surface area contributed by atoms with Crippen molar-refractivity contribution in [3.63, 3.8) is 0 Å². The molecule has 1 heterocycles. The third-order valence-corrected chi connectivity index (χ3v) is 4.80. The van der Waals surface area contributed by atoms with Crippen molar-refractivity contribution >= 4 is 17.3 Å². The van der Waals surface area contributed by atoms with E-state index in [1.807, 2.05) is 18.7 Å². The highest BCUT2D eigenvalue weighted by atomic mass is 16.6. The van der Waals surface area contributed by atoms with Crippen LogP contribution in [-0.2, 0) is 10.2 Å². The average Bonchev–Trinajstić information content (AvgIpc) is 2.72. The van der Waals surface area contributed by atoms with Crippen LogP contribution in [0.3, 0.4) is 0 Å². The van der Waals surface area contributed by atoms with Crippen molar-refractivity contribution in [2.24, 2.45) is 5.92 Å². The van der Waals surface area contributed by atoms with Crippen molar-refractivity contribution in [3.05, 3.63) is 28.7 Å². The predicted octanol–water partition coefficient (Wildman–Crippen LogP) is 3.94. The van der Waals surface area contributed by atoms with Crippen LogP contribution in [0, 0.1) is 10.8 Å². The minimum absolute atomic E-state index is 0.112. The third-order valence-electron chi connectivity index (χ3n) is 4.80. The fourth-order valence-corrected chi connectivity index (χ4v) is 3.29. The van der Waals surface area contributed by atoms with Crippen LogP contribution < -0.4 is 4.90 Å². The molecule has 0 aliphatic carbocycles. The zero-order chi connectivity index (χ0) is 16.5. The van der Waals surface area contributed by atoms with Gasteiger partial charge in [0.05, 0.1) is 10.3 Å². The van der Waals surface area contributed by atoms with E-state index >= 15 is 0 Å². The summed E-state index contributed by atoms with van der Waals surface area (Å²) in [7, 11) is 0. The fourth-order valence-electron chi connectivity index (χ4n) is 3.29. The standard InChI is InChI=1S/C17H25N2O3/c1-5-17(6-2)14-11-13(19(21)22)7-8-15(14)18(16(17)20)10-9-12(3)4/h7-8,11-12H,5-6,9-10H2,1-4H3,(H,21,22)/q+1. The molecule has 0 saturated carbocycles. The number of fused-ring (bicyclic) bond motifs is 1. The molecule has 0 aromatic heterocycles. The van der Waals surface area contributed by atoms with E-state index in [4.69, 9.17) is 5.21 Å². The zero-order valence-corrected chi connectivity index (χ0v) is 13.8. The van der Waals surface area contributed by atoms with Gasteiger partial charge >= 0.3 is 5.69 Å². The van der Waals surface area contributed by atoms with Gasteiger partial charge in [0, 0.05) is 24.4 Å². The lowest BCUT2D eigenvalue weighted by Gasteiger charge is -2.26. The fraction of sp³-hybridized carbons (Fsp3) is 0.588. The molecule has 0 fully saturated rings. The summed E-state index contributed by atoms with van der Waals surface area (Å²) in [5.74, 6) is 0.629. The van der Waals surface area contributed by atoms with E-state index in [0.717, 1.165) is 17.7 Å². The molecule has 1 aliphatic heterocycles. The van der Waals surface area contributed by atoms with Gasteiger partial charge in [-0.25, -0.2) is 5.21 Å². The van der Waals surface area contributed by atoms with Crippen LogP contribution in [0.15, 0.2) is 18.2 Å². The molecule has 0 saturated heterocycles. The highest BCUT2D eigenvalue weighted by Gasteiger charge is 2.49. The number of amides is 1. The van der Waals surface area contributed by atoms with Gasteiger partial charge in [-0.3, -0.25) is 4.79 Å². The number of anilines is 1. The van der Waals surface area contributed by atoms with Crippen molar-refractivity contribution in [2.45, 2.75) is 52.4 Å². The SMILES string of the molecule is CCC1(CC)C(=O)N(CCC(C)C)c2ccc([N+](=O)O)cc21. The van der Waals surface area contributed by atoms with Crippen LogP contribution >= 0.6 is 0 Å². The molecule has 5 heteroatoms. The van der Waals surface area contributed by atoms with Crippen molar-refractivity contribution in [1.29, 1.82) is 0 Å². The molecule has 0 spiro atoms. The number of carbonyl (C=O) groups is 1. The molecule has 0 radical (unpaired) electrons. The van der Waals surface area contributed by atoms with Crippen molar-refractivity contribution in [1.82, 2.24) is 0 Å². The van der Waals surface area contributed by atoms with E-state index in [0.29, 0.717) is 25.3 Å². The van der Waals surface area contributed by atoms with E-state index in [1.54, 1.807) is 18.2 Å². The van der Waals surface area contributed by atoms with Crippen LogP contribution in [0.1, 0.15) is 52.5 Å². The summed E-state index contributed by atoms with van der Waals surface area (Å²) in [6.45, 7) is 8.96. The molecule has 1 aliphatic rings. The van der Waals surface area contributed by atoms with Gasteiger partial charge in [-0.15, -0.1) is 0 Å². The lowest BCUT2D eigenvalue weighted by molar-refractivity contribution is -0.729. The first-order chi connectivity index (χ1) is 10.4. The van der Waals surface area contributed by atoms with Gasteiger partial charge in [-0.2, -0.15) is 0 Å². The Bertz CT molecular complexity index is 592. The smallest absolute Gasteiger partial charge is 0.311 e. The quantitative estimate of drug-likeness (QED) is 0.810. The summed E-state index contributed by atoms with van der Waals surface area (Å²) < 4.78 is 0. The molecule has 22 heavy (non-hydrogen) atoms. The van der Waals surface area contributed by atoms with Crippen LogP contribution in [0.5, 0.6) is 0 Å². The van der Waals surface area contributed by atoms with Crippen molar-refractivity contribution in [3.8, 4) is 0 Å². The average molecular weight is 305 g/mol. The second-order valence-corrected chi connectivity index (χ2v) is 6.40. The maximum absolute atomic E-state index is 13.0. The Morgan fingerprint density at radius 1 is 1.27 bits per heavy atom. The van der Waals surface area contributed by atoms with Gasteiger partial charge in [0.1, 0.15) is 0 Å². The summed E-state index contributed by atoms with van der Waals surface area (Å²) in [4.78, 5) is 25.9. The maximum Gasteiger partial charge on any atom is 0.317 e. The van der Waals surface area contributed by atoms with E-state index in [9.17, 15) is 9.70 Å². The lowest BCUT2D eigenvalue weighted by Crippen LogP contribution is -2.40. The molecule has 5 nitrogen and oxygen atoms in total. The molecule has 1 N–H and O–H groups in total. The molecule has 0 unspecified atom stereocenters. The number of hydrogen-bond donors (Lipinski definition) is 1. The number of rotatable bonds is 6. The van der Waals surface area contributed by atoms with E-state index in [-0.39, 0.29) is 16.5 Å². The molecule has 1 aromatic carbocycles. The van der Waals surface area contributed by atoms with Crippen molar-refractivity contribution < 1.29 is 14.9 Å². The maximum atomic E-state index is 13.0. The summed E-state index contributed by atoms with van der Waals surface area (Å²) in [5, 5.41) is 9.16. The number of benzene rings is 1. The molecule has 0 bridgehead atoms. The van der Waals surface area contributed by atoms with Gasteiger partial charge < -0.3 is 4.90 Å². The second-order valence-electron chi connectivity index (χ2n) is 6.40. The zero-order valence-electron chi connectivity index (χ0n) is 13.8. The minimum Gasteiger partial charge on any atom is -0.311 e. The largest absolute Gasteiger partial charge is 0.317 e. The molecule has 1 amide bonds. The Labute approximate surface area is 131 Å². The van der Waals surface area contributed by atoms with Crippen molar-refractivity contribution in [2.75, 3.05) is 11.4 Å². The third kappa shape index (κ3) is 2.49. The van der Waals surface area contributed by atoms with Crippen LogP contribution in [0.25, 0.3) is 0 Å². The predicted molar refractivity (Wildman–Crippen MR) is 85.6 cm³/mol. The second kappa shape index (κ2) is 6.07. The minimum atomic E-state index is -0.585. The topological polar surface area (TPSA) is 60.6 Å². The Kier molecular flexibility index (Phi) is 4.54. The molecular weight excluding hydrogens is 280 g/mol. The highest BCUT2D eigenvalue weighted by Crippen LogP contribution is 2.47. The number of hydrogen-bond acceptors (Lipinski definition) is 2. The first-order valence-corrected chi connectivity index (χ1v) is 8.00. The monoisotopic (exact) mass is 305 g/mol. The summed E-state index contributed by atoms with van der Waals surface area (Å²) >= 11 is 0. The van der Waals surface area contributed by atoms with E-state index in [2.05, 4.69) is 13.8 Å². The van der Waals surface area contributed by atoms with Gasteiger partial charge in [0.15, 0.2) is 0 Å². The summed E-state index contributed by atoms with van der Waals surface area (Å²) in [5.41, 5.74) is 1.32. The van der Waals surface area contributed by atoms with E-state index < -0.39 is 5.41 Å². The lowest BCUT2D eigenvalue weighted by atomic mass is 9.77. The Morgan fingerprint density at radius 2 is 1.91 bits per heavy atom. The molecule has 1 aromatic rings. The molecule has 0 atom stereocenters. The van der Waals surface area contributed by atoms with Gasteiger partial charge in [0.25, 0.3) is 4.92 Å². The summed E-state index contributed by atoms with van der Waals surface area (Å²) in [6, 6.07) is 4.99. The first kappa shape index (κ1) is 16.5. The Hall–Kier alpha value is -1.91. The normalized spacial score (nSPS) is 16.2. The Balaban J connectivity index is 2.52. The van der Waals surface area contributed by atoms with Crippen LogP contribution in [-0.4, -0.2) is 22.6 Å². The van der Waals surface area contributed by atoms with E-state index in [1.165, 1.54) is 0 Å². The van der Waals surface area contributed by atoms with Gasteiger partial charge in [-0.1, -0.05) is 27.7 Å². The summed E-state index contributed by atoms with van der Waals surface area (Å²) in [6.07, 6.45) is 2.30.